The molecule has 5 rings (SSSR count). The van der Waals surface area contributed by atoms with Crippen molar-refractivity contribution in [3.05, 3.63) is 94.8 Å². The van der Waals surface area contributed by atoms with Gasteiger partial charge in [-0.3, -0.25) is 9.89 Å². The number of nitrogens with zero attached hydrogens (tertiary/aromatic N) is 5. The van der Waals surface area contributed by atoms with E-state index in [9.17, 15) is 14.4 Å². The Hall–Kier alpha value is -5.37. The molecule has 0 radical (unpaired) electrons. The number of amides is 1. The predicted octanol–water partition coefficient (Wildman–Crippen LogP) is 4.88. The Morgan fingerprint density at radius 2 is 1.88 bits per heavy atom. The van der Waals surface area contributed by atoms with Crippen LogP contribution in [0.5, 0.6) is 0 Å². The van der Waals surface area contributed by atoms with Gasteiger partial charge in [-0.1, -0.05) is 36.4 Å². The molecule has 40 heavy (non-hydrogen) atoms. The van der Waals surface area contributed by atoms with Crippen molar-refractivity contribution in [1.82, 2.24) is 30.5 Å². The first-order valence-corrected chi connectivity index (χ1v) is 12.6. The summed E-state index contributed by atoms with van der Waals surface area (Å²) in [6.07, 6.45) is 3.09. The van der Waals surface area contributed by atoms with Crippen molar-refractivity contribution in [2.24, 2.45) is 0 Å². The summed E-state index contributed by atoms with van der Waals surface area (Å²) in [7, 11) is 1.81. The third-order valence-electron chi connectivity index (χ3n) is 6.55. The molecule has 3 aromatic heterocycles. The fraction of sp³-hybridized carbons (Fsp3) is 0.172. The Kier molecular flexibility index (Phi) is 7.33. The van der Waals surface area contributed by atoms with Crippen LogP contribution in [0.15, 0.2) is 60.9 Å². The third-order valence-corrected chi connectivity index (χ3v) is 6.55. The van der Waals surface area contributed by atoms with Gasteiger partial charge in [-0.25, -0.2) is 19.3 Å². The number of aryl methyl sites for hydroxylation is 1. The normalized spacial score (nSPS) is 11.6. The Morgan fingerprint density at radius 1 is 1.07 bits per heavy atom. The van der Waals surface area contributed by atoms with Gasteiger partial charge in [-0.2, -0.15) is 10.4 Å². The molecular formula is C29H26FN9O. The smallest absolute Gasteiger partial charge is 0.274 e. The number of halogens is 1. The van der Waals surface area contributed by atoms with Gasteiger partial charge in [-0.15, -0.1) is 0 Å². The molecule has 11 heteroatoms. The molecule has 3 heterocycles. The van der Waals surface area contributed by atoms with E-state index in [4.69, 9.17) is 0 Å². The first-order chi connectivity index (χ1) is 19.4. The van der Waals surface area contributed by atoms with Gasteiger partial charge in [0, 0.05) is 25.4 Å². The molecule has 0 aliphatic carbocycles. The van der Waals surface area contributed by atoms with Gasteiger partial charge in [0.2, 0.25) is 0 Å². The zero-order valence-corrected chi connectivity index (χ0v) is 22.1. The first kappa shape index (κ1) is 26.2. The number of nitriles is 1. The number of carbonyl (C=O) groups is 1. The summed E-state index contributed by atoms with van der Waals surface area (Å²) >= 11 is 0. The van der Waals surface area contributed by atoms with E-state index in [-0.39, 0.29) is 23.0 Å². The summed E-state index contributed by atoms with van der Waals surface area (Å²) in [5, 5.41) is 26.3. The minimum Gasteiger partial charge on any atom is -0.371 e. The quantitative estimate of drug-likeness (QED) is 0.220. The SMILES string of the molecule is CNc1n[nH]c2ncc(-c3ccc(CNc4ncc(C#N)nc4C(=O)N[C@@H](C)c4ccc(C)c(F)c4)cc3)cc12. The van der Waals surface area contributed by atoms with Gasteiger partial charge in [-0.05, 0) is 48.2 Å². The molecule has 200 valence electrons. The summed E-state index contributed by atoms with van der Waals surface area (Å²) in [5.41, 5.74) is 4.71. The second-order valence-electron chi connectivity index (χ2n) is 9.26. The number of nitrogens with one attached hydrogen (secondary N) is 4. The Morgan fingerprint density at radius 3 is 2.60 bits per heavy atom. The second-order valence-corrected chi connectivity index (χ2v) is 9.26. The van der Waals surface area contributed by atoms with Crippen molar-refractivity contribution >= 4 is 28.6 Å². The lowest BCUT2D eigenvalue weighted by molar-refractivity contribution is 0.0935. The van der Waals surface area contributed by atoms with E-state index in [2.05, 4.69) is 41.1 Å². The summed E-state index contributed by atoms with van der Waals surface area (Å²) in [6, 6.07) is 16.2. The number of aromatic amines is 1. The van der Waals surface area contributed by atoms with Gasteiger partial charge >= 0.3 is 0 Å². The van der Waals surface area contributed by atoms with Crippen LogP contribution < -0.4 is 16.0 Å². The summed E-state index contributed by atoms with van der Waals surface area (Å²) < 4.78 is 14.0. The second kappa shape index (κ2) is 11.2. The van der Waals surface area contributed by atoms with E-state index < -0.39 is 11.9 Å². The summed E-state index contributed by atoms with van der Waals surface area (Å²) in [4.78, 5) is 26.0. The predicted molar refractivity (Wildman–Crippen MR) is 150 cm³/mol. The van der Waals surface area contributed by atoms with Crippen LogP contribution in [-0.2, 0) is 6.54 Å². The van der Waals surface area contributed by atoms with Crippen molar-refractivity contribution in [2.75, 3.05) is 17.7 Å². The molecule has 0 bridgehead atoms. The lowest BCUT2D eigenvalue weighted by atomic mass is 10.0. The average molecular weight is 536 g/mol. The average Bonchev–Trinajstić information content (AvgIpc) is 3.40. The van der Waals surface area contributed by atoms with E-state index >= 15 is 0 Å². The minimum atomic E-state index is -0.529. The van der Waals surface area contributed by atoms with Crippen molar-refractivity contribution < 1.29 is 9.18 Å². The maximum atomic E-state index is 14.0. The molecule has 10 nitrogen and oxygen atoms in total. The van der Waals surface area contributed by atoms with Crippen molar-refractivity contribution in [3.8, 4) is 17.2 Å². The zero-order chi connectivity index (χ0) is 28.2. The molecule has 0 aliphatic heterocycles. The number of anilines is 2. The number of benzene rings is 2. The fourth-order valence-electron chi connectivity index (χ4n) is 4.21. The highest BCUT2D eigenvalue weighted by Crippen LogP contribution is 2.26. The maximum Gasteiger partial charge on any atom is 0.274 e. The highest BCUT2D eigenvalue weighted by atomic mass is 19.1. The fourth-order valence-corrected chi connectivity index (χ4v) is 4.21. The molecule has 1 amide bonds. The molecule has 0 saturated heterocycles. The van der Waals surface area contributed by atoms with Crippen LogP contribution in [0.4, 0.5) is 16.0 Å². The number of H-pyrrole nitrogens is 1. The molecular weight excluding hydrogens is 509 g/mol. The minimum absolute atomic E-state index is 0.0127. The van der Waals surface area contributed by atoms with Crippen molar-refractivity contribution in [3.63, 3.8) is 0 Å². The molecule has 0 aliphatic rings. The zero-order valence-electron chi connectivity index (χ0n) is 22.1. The highest BCUT2D eigenvalue weighted by molar-refractivity contribution is 5.97. The van der Waals surface area contributed by atoms with Gasteiger partial charge < -0.3 is 16.0 Å². The van der Waals surface area contributed by atoms with Gasteiger partial charge in [0.05, 0.1) is 17.6 Å². The molecule has 0 saturated carbocycles. The lowest BCUT2D eigenvalue weighted by Gasteiger charge is -2.16. The third kappa shape index (κ3) is 5.42. The van der Waals surface area contributed by atoms with Crippen LogP contribution in [-0.4, -0.2) is 38.1 Å². The summed E-state index contributed by atoms with van der Waals surface area (Å²) in [5.74, 6) is 0.0873. The van der Waals surface area contributed by atoms with Crippen LogP contribution in [0.3, 0.4) is 0 Å². The van der Waals surface area contributed by atoms with Gasteiger partial charge in [0.15, 0.2) is 28.7 Å². The monoisotopic (exact) mass is 535 g/mol. The molecule has 0 fully saturated rings. The Bertz CT molecular complexity index is 1740. The number of hydrogen-bond acceptors (Lipinski definition) is 8. The molecule has 5 aromatic rings. The number of rotatable bonds is 8. The van der Waals surface area contributed by atoms with Crippen LogP contribution in [0.2, 0.25) is 0 Å². The highest BCUT2D eigenvalue weighted by Gasteiger charge is 2.19. The van der Waals surface area contributed by atoms with Crippen LogP contribution in [0.1, 0.15) is 45.8 Å². The number of hydrogen-bond donors (Lipinski definition) is 4. The largest absolute Gasteiger partial charge is 0.371 e. The van der Waals surface area contributed by atoms with E-state index in [0.29, 0.717) is 23.3 Å². The van der Waals surface area contributed by atoms with E-state index in [1.54, 1.807) is 32.2 Å². The van der Waals surface area contributed by atoms with Crippen LogP contribution in [0.25, 0.3) is 22.2 Å². The van der Waals surface area contributed by atoms with E-state index in [0.717, 1.165) is 27.9 Å². The van der Waals surface area contributed by atoms with Gasteiger partial charge in [0.1, 0.15) is 11.9 Å². The standard InChI is InChI=1S/C29H26FN9O/c1-16-4-7-20(11-24(16)30)17(2)36-29(40)25-28(35-15-22(12-31)37-25)33-13-18-5-8-19(9-6-18)21-10-23-26(32-3)38-39-27(23)34-14-21/h4-11,14-15,17H,13H2,1-3H3,(H,33,35)(H,36,40)(H2,32,34,38,39)/t17-/m0/s1. The topological polar surface area (TPSA) is 144 Å². The van der Waals surface area contributed by atoms with Crippen molar-refractivity contribution in [2.45, 2.75) is 26.4 Å². The molecule has 4 N–H and O–H groups in total. The summed E-state index contributed by atoms with van der Waals surface area (Å²) in [6.45, 7) is 3.79. The van der Waals surface area contributed by atoms with Crippen molar-refractivity contribution in [1.29, 1.82) is 5.26 Å². The number of carbonyl (C=O) groups excluding carboxylic acids is 1. The number of pyridine rings is 1. The van der Waals surface area contributed by atoms with E-state index in [1.807, 2.05) is 43.4 Å². The maximum absolute atomic E-state index is 14.0. The van der Waals surface area contributed by atoms with Crippen LogP contribution in [0, 0.1) is 24.1 Å². The van der Waals surface area contributed by atoms with Crippen LogP contribution >= 0.6 is 0 Å². The lowest BCUT2D eigenvalue weighted by Crippen LogP contribution is -2.29. The number of aromatic nitrogens is 5. The Labute approximate surface area is 229 Å². The first-order valence-electron chi connectivity index (χ1n) is 12.6. The molecule has 2 aromatic carbocycles. The molecule has 0 unspecified atom stereocenters. The van der Waals surface area contributed by atoms with Gasteiger partial charge in [0.25, 0.3) is 5.91 Å². The molecule has 0 spiro atoms. The number of fused-ring (bicyclic) bond motifs is 1. The van der Waals surface area contributed by atoms with E-state index in [1.165, 1.54) is 12.3 Å². The Balaban J connectivity index is 1.31. The molecule has 1 atom stereocenters.